The van der Waals surface area contributed by atoms with Gasteiger partial charge in [0, 0.05) is 17.6 Å². The number of hydrogen-bond donors (Lipinski definition) is 1. The fourth-order valence-corrected chi connectivity index (χ4v) is 1.68. The van der Waals surface area contributed by atoms with Gasteiger partial charge in [-0.3, -0.25) is 4.79 Å². The summed E-state index contributed by atoms with van der Waals surface area (Å²) in [5.74, 6) is 0. The molecule has 0 bridgehead atoms. The van der Waals surface area contributed by atoms with Crippen LogP contribution in [0, 0.1) is 0 Å². The van der Waals surface area contributed by atoms with Gasteiger partial charge in [-0.25, -0.2) is 0 Å². The first kappa shape index (κ1) is 11.0. The number of hydrogen-bond acceptors (Lipinski definition) is 1. The number of nitrogens with one attached hydrogen (secondary N) is 1. The van der Waals surface area contributed by atoms with Gasteiger partial charge < -0.3 is 4.98 Å². The van der Waals surface area contributed by atoms with Gasteiger partial charge in [0.25, 0.3) is 0 Å². The molecule has 0 unspecified atom stereocenters. The molecule has 2 rings (SSSR count). The summed E-state index contributed by atoms with van der Waals surface area (Å²) in [5, 5.41) is -0.190. The van der Waals surface area contributed by atoms with E-state index in [1.54, 1.807) is 0 Å². The quantitative estimate of drug-likeness (QED) is 0.762. The Kier molecular flexibility index (Phi) is 2.42. The van der Waals surface area contributed by atoms with Crippen LogP contribution < -0.4 is 5.43 Å². The molecule has 2 nitrogen and oxygen atoms in total. The molecule has 0 radical (unpaired) electrons. The van der Waals surface area contributed by atoms with E-state index in [0.29, 0.717) is 0 Å². The van der Waals surface area contributed by atoms with Crippen LogP contribution in [0.5, 0.6) is 0 Å². The molecule has 1 aromatic heterocycles. The summed E-state index contributed by atoms with van der Waals surface area (Å²) in [4.78, 5) is 14.0. The number of alkyl halides is 3. The summed E-state index contributed by atoms with van der Waals surface area (Å²) in [5.41, 5.74) is -1.22. The standard InChI is InChI=1S/C10H5ClF3NO/c11-7-4-5(10(12,13)14)3-6-8(16)1-2-15-9(6)7/h1-4H,(H,15,16). The zero-order chi connectivity index (χ0) is 11.9. The molecule has 0 saturated heterocycles. The Labute approximate surface area is 92.7 Å². The molecule has 0 amide bonds. The van der Waals surface area contributed by atoms with E-state index in [1.807, 2.05) is 0 Å². The van der Waals surface area contributed by atoms with E-state index in [1.165, 1.54) is 6.20 Å². The Balaban J connectivity index is 2.86. The lowest BCUT2D eigenvalue weighted by molar-refractivity contribution is -0.137. The van der Waals surface area contributed by atoms with Gasteiger partial charge >= 0.3 is 6.18 Å². The van der Waals surface area contributed by atoms with Crippen molar-refractivity contribution in [2.75, 3.05) is 0 Å². The highest BCUT2D eigenvalue weighted by atomic mass is 35.5. The van der Waals surface area contributed by atoms with Crippen molar-refractivity contribution < 1.29 is 13.2 Å². The zero-order valence-corrected chi connectivity index (χ0v) is 8.49. The molecule has 0 saturated carbocycles. The lowest BCUT2D eigenvalue weighted by atomic mass is 10.1. The third kappa shape index (κ3) is 1.78. The smallest absolute Gasteiger partial charge is 0.360 e. The van der Waals surface area contributed by atoms with E-state index >= 15 is 0 Å². The predicted molar refractivity (Wildman–Crippen MR) is 54.6 cm³/mol. The molecule has 0 aliphatic rings. The van der Waals surface area contributed by atoms with Gasteiger partial charge in [-0.15, -0.1) is 0 Å². The summed E-state index contributed by atoms with van der Waals surface area (Å²) in [7, 11) is 0. The Morgan fingerprint density at radius 3 is 2.56 bits per heavy atom. The van der Waals surface area contributed by atoms with E-state index in [4.69, 9.17) is 11.6 Å². The van der Waals surface area contributed by atoms with Gasteiger partial charge in [-0.2, -0.15) is 13.2 Å². The van der Waals surface area contributed by atoms with Crippen LogP contribution >= 0.6 is 11.6 Å². The predicted octanol–water partition coefficient (Wildman–Crippen LogP) is 3.20. The van der Waals surface area contributed by atoms with Gasteiger partial charge in [0.05, 0.1) is 16.1 Å². The Bertz CT molecular complexity index is 603. The molecule has 0 spiro atoms. The number of aromatic amines is 1. The topological polar surface area (TPSA) is 32.9 Å². The number of halogens is 4. The first-order valence-corrected chi connectivity index (χ1v) is 4.65. The van der Waals surface area contributed by atoms with E-state index in [9.17, 15) is 18.0 Å². The van der Waals surface area contributed by atoms with E-state index in [-0.39, 0.29) is 15.9 Å². The summed E-state index contributed by atoms with van der Waals surface area (Å²) in [6.07, 6.45) is -3.18. The maximum Gasteiger partial charge on any atom is 0.416 e. The van der Waals surface area contributed by atoms with Gasteiger partial charge in [0.2, 0.25) is 0 Å². The number of benzene rings is 1. The van der Waals surface area contributed by atoms with Gasteiger partial charge in [-0.05, 0) is 12.1 Å². The third-order valence-electron chi connectivity index (χ3n) is 2.15. The van der Waals surface area contributed by atoms with Crippen molar-refractivity contribution in [1.29, 1.82) is 0 Å². The minimum Gasteiger partial charge on any atom is -0.360 e. The largest absolute Gasteiger partial charge is 0.416 e. The van der Waals surface area contributed by atoms with Crippen LogP contribution in [0.2, 0.25) is 5.02 Å². The van der Waals surface area contributed by atoms with Crippen molar-refractivity contribution in [3.05, 3.63) is 45.2 Å². The molecule has 0 aliphatic heterocycles. The van der Waals surface area contributed by atoms with Crippen molar-refractivity contribution in [2.45, 2.75) is 6.18 Å². The second kappa shape index (κ2) is 3.52. The highest BCUT2D eigenvalue weighted by Crippen LogP contribution is 2.33. The minimum absolute atomic E-state index is 0.0673. The van der Waals surface area contributed by atoms with Crippen molar-refractivity contribution in [1.82, 2.24) is 4.98 Å². The molecular weight excluding hydrogens is 243 g/mol. The van der Waals surface area contributed by atoms with Gasteiger partial charge in [0.1, 0.15) is 0 Å². The normalized spacial score (nSPS) is 12.0. The van der Waals surface area contributed by atoms with Crippen LogP contribution in [0.4, 0.5) is 13.2 Å². The summed E-state index contributed by atoms with van der Waals surface area (Å²) in [6.45, 7) is 0. The van der Waals surface area contributed by atoms with Gasteiger partial charge in [0.15, 0.2) is 5.43 Å². The van der Waals surface area contributed by atoms with Crippen LogP contribution in [0.1, 0.15) is 5.56 Å². The average molecular weight is 248 g/mol. The first-order valence-electron chi connectivity index (χ1n) is 4.28. The van der Waals surface area contributed by atoms with E-state index < -0.39 is 17.2 Å². The van der Waals surface area contributed by atoms with Crippen LogP contribution in [-0.4, -0.2) is 4.98 Å². The van der Waals surface area contributed by atoms with Crippen molar-refractivity contribution in [3.8, 4) is 0 Å². The van der Waals surface area contributed by atoms with Crippen LogP contribution in [0.3, 0.4) is 0 Å². The lowest BCUT2D eigenvalue weighted by Gasteiger charge is -2.08. The lowest BCUT2D eigenvalue weighted by Crippen LogP contribution is -2.08. The highest BCUT2D eigenvalue weighted by molar-refractivity contribution is 6.35. The molecule has 0 atom stereocenters. The zero-order valence-electron chi connectivity index (χ0n) is 7.73. The average Bonchev–Trinajstić information content (AvgIpc) is 2.18. The molecule has 6 heteroatoms. The molecule has 0 aliphatic carbocycles. The van der Waals surface area contributed by atoms with E-state index in [0.717, 1.165) is 18.2 Å². The van der Waals surface area contributed by atoms with Gasteiger partial charge in [-0.1, -0.05) is 11.6 Å². The van der Waals surface area contributed by atoms with E-state index in [2.05, 4.69) is 4.98 Å². The van der Waals surface area contributed by atoms with Crippen molar-refractivity contribution in [2.24, 2.45) is 0 Å². The molecule has 1 aromatic carbocycles. The molecular formula is C10H5ClF3NO. The number of fused-ring (bicyclic) bond motifs is 1. The summed E-state index contributed by atoms with van der Waals surface area (Å²) in [6, 6.07) is 2.73. The highest BCUT2D eigenvalue weighted by Gasteiger charge is 2.31. The second-order valence-corrected chi connectivity index (χ2v) is 3.63. The minimum atomic E-state index is -4.51. The Morgan fingerprint density at radius 1 is 1.25 bits per heavy atom. The SMILES string of the molecule is O=c1cc[nH]c2c(Cl)cc(C(F)(F)F)cc12. The number of H-pyrrole nitrogens is 1. The molecule has 2 aromatic rings. The molecule has 0 fully saturated rings. The first-order chi connectivity index (χ1) is 7.39. The summed E-state index contributed by atoms with van der Waals surface area (Å²) < 4.78 is 37.4. The van der Waals surface area contributed by atoms with Crippen LogP contribution in [-0.2, 0) is 6.18 Å². The molecule has 16 heavy (non-hydrogen) atoms. The molecule has 84 valence electrons. The summed E-state index contributed by atoms with van der Waals surface area (Å²) >= 11 is 5.67. The van der Waals surface area contributed by atoms with Crippen LogP contribution in [0.25, 0.3) is 10.9 Å². The monoisotopic (exact) mass is 247 g/mol. The molecule has 1 heterocycles. The fraction of sp³-hybridized carbons (Fsp3) is 0.100. The van der Waals surface area contributed by atoms with Crippen molar-refractivity contribution in [3.63, 3.8) is 0 Å². The maximum atomic E-state index is 12.5. The van der Waals surface area contributed by atoms with Crippen LogP contribution in [0.15, 0.2) is 29.2 Å². The maximum absolute atomic E-state index is 12.5. The van der Waals surface area contributed by atoms with Crippen molar-refractivity contribution >= 4 is 22.5 Å². The third-order valence-corrected chi connectivity index (χ3v) is 2.44. The molecule has 1 N–H and O–H groups in total. The number of pyridine rings is 1. The number of aromatic nitrogens is 1. The Morgan fingerprint density at radius 2 is 1.94 bits per heavy atom. The number of rotatable bonds is 0. The Hall–Kier alpha value is -1.49. The fourth-order valence-electron chi connectivity index (χ4n) is 1.40. The second-order valence-electron chi connectivity index (χ2n) is 3.22.